The van der Waals surface area contributed by atoms with Crippen molar-refractivity contribution in [2.24, 2.45) is 0 Å². The predicted octanol–water partition coefficient (Wildman–Crippen LogP) is 3.40. The van der Waals surface area contributed by atoms with E-state index in [2.05, 4.69) is 29.6 Å². The van der Waals surface area contributed by atoms with Crippen LogP contribution in [-0.2, 0) is 6.42 Å². The SMILES string of the molecule is Oc1ccc(C2=CCc3ccccc3N2)cc1. The summed E-state index contributed by atoms with van der Waals surface area (Å²) < 4.78 is 0. The number of hydrogen-bond acceptors (Lipinski definition) is 2. The van der Waals surface area contributed by atoms with E-state index in [4.69, 9.17) is 0 Å². The Kier molecular flexibility index (Phi) is 2.33. The van der Waals surface area contributed by atoms with E-state index in [1.54, 1.807) is 12.1 Å². The van der Waals surface area contributed by atoms with Crippen LogP contribution >= 0.6 is 0 Å². The molecule has 2 nitrogen and oxygen atoms in total. The highest BCUT2D eigenvalue weighted by Gasteiger charge is 2.10. The third-order valence-electron chi connectivity index (χ3n) is 2.99. The van der Waals surface area contributed by atoms with Gasteiger partial charge in [0.1, 0.15) is 5.75 Å². The zero-order chi connectivity index (χ0) is 11.7. The predicted molar refractivity (Wildman–Crippen MR) is 69.9 cm³/mol. The Morgan fingerprint density at radius 2 is 1.71 bits per heavy atom. The van der Waals surface area contributed by atoms with Gasteiger partial charge in [-0.1, -0.05) is 24.3 Å². The lowest BCUT2D eigenvalue weighted by atomic mass is 10.0. The van der Waals surface area contributed by atoms with E-state index in [1.165, 1.54) is 5.56 Å². The summed E-state index contributed by atoms with van der Waals surface area (Å²) in [5.41, 5.74) is 4.68. The maximum absolute atomic E-state index is 9.27. The molecule has 0 aliphatic carbocycles. The lowest BCUT2D eigenvalue weighted by molar-refractivity contribution is 0.475. The molecule has 0 radical (unpaired) electrons. The number of benzene rings is 2. The van der Waals surface area contributed by atoms with Crippen LogP contribution < -0.4 is 5.32 Å². The summed E-state index contributed by atoms with van der Waals surface area (Å²) in [5.74, 6) is 0.297. The summed E-state index contributed by atoms with van der Waals surface area (Å²) in [6.07, 6.45) is 3.12. The topological polar surface area (TPSA) is 32.3 Å². The molecule has 2 aromatic rings. The summed E-state index contributed by atoms with van der Waals surface area (Å²) >= 11 is 0. The van der Waals surface area contributed by atoms with Gasteiger partial charge >= 0.3 is 0 Å². The average molecular weight is 223 g/mol. The zero-order valence-electron chi connectivity index (χ0n) is 9.35. The minimum atomic E-state index is 0.297. The van der Waals surface area contributed by atoms with Crippen LogP contribution in [0.3, 0.4) is 0 Å². The maximum Gasteiger partial charge on any atom is 0.115 e. The second-order valence-corrected chi connectivity index (χ2v) is 4.15. The Balaban J connectivity index is 1.93. The first kappa shape index (κ1) is 9.97. The second-order valence-electron chi connectivity index (χ2n) is 4.15. The Morgan fingerprint density at radius 1 is 0.941 bits per heavy atom. The third-order valence-corrected chi connectivity index (χ3v) is 2.99. The van der Waals surface area contributed by atoms with Crippen molar-refractivity contribution in [3.8, 4) is 5.75 Å². The van der Waals surface area contributed by atoms with Crippen LogP contribution in [0.15, 0.2) is 54.6 Å². The van der Waals surface area contributed by atoms with E-state index < -0.39 is 0 Å². The first-order chi connectivity index (χ1) is 8.33. The molecule has 2 heteroatoms. The van der Waals surface area contributed by atoms with Gasteiger partial charge in [0, 0.05) is 11.4 Å². The molecule has 1 aliphatic heterocycles. The van der Waals surface area contributed by atoms with Gasteiger partial charge in [-0.2, -0.15) is 0 Å². The summed E-state index contributed by atoms with van der Waals surface area (Å²) in [6, 6.07) is 15.6. The van der Waals surface area contributed by atoms with Crippen molar-refractivity contribution in [1.29, 1.82) is 0 Å². The molecule has 2 aromatic carbocycles. The molecule has 0 saturated carbocycles. The molecule has 1 aliphatic rings. The van der Waals surface area contributed by atoms with Crippen LogP contribution in [0.2, 0.25) is 0 Å². The van der Waals surface area contributed by atoms with Gasteiger partial charge in [-0.3, -0.25) is 0 Å². The highest BCUT2D eigenvalue weighted by atomic mass is 16.3. The minimum Gasteiger partial charge on any atom is -0.508 e. The van der Waals surface area contributed by atoms with Crippen LogP contribution in [0, 0.1) is 0 Å². The summed E-state index contributed by atoms with van der Waals surface area (Å²) in [6.45, 7) is 0. The van der Waals surface area contributed by atoms with Gasteiger partial charge in [-0.15, -0.1) is 0 Å². The van der Waals surface area contributed by atoms with Crippen molar-refractivity contribution in [3.05, 3.63) is 65.7 Å². The summed E-state index contributed by atoms with van der Waals surface area (Å²) in [5, 5.41) is 12.7. The van der Waals surface area contributed by atoms with E-state index in [0.717, 1.165) is 23.4 Å². The third kappa shape index (κ3) is 1.89. The highest BCUT2D eigenvalue weighted by Crippen LogP contribution is 2.28. The molecule has 0 saturated heterocycles. The molecule has 3 rings (SSSR count). The van der Waals surface area contributed by atoms with Crippen molar-refractivity contribution in [2.75, 3.05) is 5.32 Å². The Morgan fingerprint density at radius 3 is 2.53 bits per heavy atom. The van der Waals surface area contributed by atoms with E-state index in [1.807, 2.05) is 18.2 Å². The van der Waals surface area contributed by atoms with Gasteiger partial charge in [-0.05, 0) is 47.9 Å². The number of allylic oxidation sites excluding steroid dienone is 1. The molecule has 0 amide bonds. The van der Waals surface area contributed by atoms with Crippen molar-refractivity contribution in [3.63, 3.8) is 0 Å². The van der Waals surface area contributed by atoms with Crippen molar-refractivity contribution in [1.82, 2.24) is 0 Å². The number of phenols is 1. The smallest absolute Gasteiger partial charge is 0.115 e. The van der Waals surface area contributed by atoms with Crippen LogP contribution in [0.4, 0.5) is 5.69 Å². The first-order valence-corrected chi connectivity index (χ1v) is 5.67. The van der Waals surface area contributed by atoms with Gasteiger partial charge in [0.25, 0.3) is 0 Å². The molecule has 0 aromatic heterocycles. The highest BCUT2D eigenvalue weighted by molar-refractivity contribution is 5.81. The first-order valence-electron chi connectivity index (χ1n) is 5.67. The van der Waals surface area contributed by atoms with E-state index >= 15 is 0 Å². The van der Waals surface area contributed by atoms with Crippen molar-refractivity contribution < 1.29 is 5.11 Å². The monoisotopic (exact) mass is 223 g/mol. The Labute approximate surface area is 100 Å². The Hall–Kier alpha value is -2.22. The molecule has 0 unspecified atom stereocenters. The van der Waals surface area contributed by atoms with Crippen LogP contribution in [0.5, 0.6) is 5.75 Å². The lowest BCUT2D eigenvalue weighted by Gasteiger charge is -2.19. The van der Waals surface area contributed by atoms with Crippen LogP contribution in [-0.4, -0.2) is 5.11 Å². The number of fused-ring (bicyclic) bond motifs is 1. The molecule has 0 fully saturated rings. The number of rotatable bonds is 1. The summed E-state index contributed by atoms with van der Waals surface area (Å²) in [7, 11) is 0. The van der Waals surface area contributed by atoms with Crippen LogP contribution in [0.1, 0.15) is 11.1 Å². The standard InChI is InChI=1S/C15H13NO/c17-13-8-5-12(6-9-13)15-10-7-11-3-1-2-4-14(11)16-15/h1-6,8-10,16-17H,7H2. The molecule has 17 heavy (non-hydrogen) atoms. The molecular weight excluding hydrogens is 210 g/mol. The van der Waals surface area contributed by atoms with Crippen LogP contribution in [0.25, 0.3) is 5.70 Å². The molecular formula is C15H13NO. The van der Waals surface area contributed by atoms with E-state index in [0.29, 0.717) is 5.75 Å². The van der Waals surface area contributed by atoms with Gasteiger partial charge in [0.2, 0.25) is 0 Å². The van der Waals surface area contributed by atoms with E-state index in [9.17, 15) is 5.11 Å². The van der Waals surface area contributed by atoms with Gasteiger partial charge in [0.15, 0.2) is 0 Å². The Bertz CT molecular complexity index is 570. The van der Waals surface area contributed by atoms with Gasteiger partial charge in [-0.25, -0.2) is 0 Å². The largest absolute Gasteiger partial charge is 0.508 e. The second kappa shape index (κ2) is 3.98. The number of nitrogens with one attached hydrogen (secondary N) is 1. The van der Waals surface area contributed by atoms with Crippen molar-refractivity contribution >= 4 is 11.4 Å². The molecule has 2 N–H and O–H groups in total. The molecule has 0 spiro atoms. The number of hydrogen-bond donors (Lipinski definition) is 2. The molecule has 0 atom stereocenters. The normalized spacial score (nSPS) is 13.5. The van der Waals surface area contributed by atoms with Gasteiger partial charge in [0.05, 0.1) is 0 Å². The number of aromatic hydroxyl groups is 1. The summed E-state index contributed by atoms with van der Waals surface area (Å²) in [4.78, 5) is 0. The molecule has 84 valence electrons. The average Bonchev–Trinajstić information content (AvgIpc) is 2.39. The van der Waals surface area contributed by atoms with Crippen molar-refractivity contribution in [2.45, 2.75) is 6.42 Å². The maximum atomic E-state index is 9.27. The van der Waals surface area contributed by atoms with E-state index in [-0.39, 0.29) is 0 Å². The fraction of sp³-hybridized carbons (Fsp3) is 0.0667. The number of anilines is 1. The fourth-order valence-corrected chi connectivity index (χ4v) is 2.06. The molecule has 0 bridgehead atoms. The number of phenolic OH excluding ortho intramolecular Hbond substituents is 1. The molecule has 1 heterocycles. The minimum absolute atomic E-state index is 0.297. The lowest BCUT2D eigenvalue weighted by Crippen LogP contribution is -2.06. The fourth-order valence-electron chi connectivity index (χ4n) is 2.06. The quantitative estimate of drug-likeness (QED) is 0.776. The zero-order valence-corrected chi connectivity index (χ0v) is 9.35. The van der Waals surface area contributed by atoms with Gasteiger partial charge < -0.3 is 10.4 Å². The number of para-hydroxylation sites is 1.